The second kappa shape index (κ2) is 7.72. The Hall–Kier alpha value is -2.63. The first-order valence-corrected chi connectivity index (χ1v) is 9.03. The maximum absolute atomic E-state index is 12.5. The predicted molar refractivity (Wildman–Crippen MR) is 99.8 cm³/mol. The lowest BCUT2D eigenvalue weighted by Gasteiger charge is -2.22. The van der Waals surface area contributed by atoms with Gasteiger partial charge < -0.3 is 9.80 Å². The van der Waals surface area contributed by atoms with Crippen LogP contribution in [0.1, 0.15) is 34.9 Å². The number of benzene rings is 1. The fraction of sp³-hybridized carbons (Fsp3) is 0.450. The van der Waals surface area contributed by atoms with Crippen molar-refractivity contribution in [2.45, 2.75) is 32.6 Å². The van der Waals surface area contributed by atoms with Crippen LogP contribution in [0.2, 0.25) is 0 Å². The number of hydrogen-bond acceptors (Lipinski definition) is 3. The van der Waals surface area contributed by atoms with E-state index in [2.05, 4.69) is 10.2 Å². The summed E-state index contributed by atoms with van der Waals surface area (Å²) < 4.78 is 0. The molecular weight excluding hydrogens is 328 g/mol. The Balaban J connectivity index is 1.53. The Kier molecular flexibility index (Phi) is 5.40. The van der Waals surface area contributed by atoms with Gasteiger partial charge in [0.25, 0.3) is 0 Å². The number of H-pyrrole nitrogens is 1. The molecule has 1 N–H and O–H groups in total. The molecule has 1 fully saturated rings. The lowest BCUT2D eigenvalue weighted by Crippen LogP contribution is -2.39. The molecule has 0 radical (unpaired) electrons. The third kappa shape index (κ3) is 3.95. The number of hydrogen-bond donors (Lipinski definition) is 1. The molecule has 1 aliphatic rings. The quantitative estimate of drug-likeness (QED) is 0.863. The Morgan fingerprint density at radius 2 is 2.04 bits per heavy atom. The van der Waals surface area contributed by atoms with Gasteiger partial charge in [0.15, 0.2) is 0 Å². The van der Waals surface area contributed by atoms with Crippen molar-refractivity contribution >= 4 is 11.8 Å². The summed E-state index contributed by atoms with van der Waals surface area (Å²) in [5, 5.41) is 7.16. The Bertz CT molecular complexity index is 765. The van der Waals surface area contributed by atoms with E-state index in [1.807, 2.05) is 44.2 Å². The molecule has 1 aliphatic heterocycles. The van der Waals surface area contributed by atoms with Crippen molar-refractivity contribution in [1.29, 1.82) is 0 Å². The number of nitrogens with one attached hydrogen (secondary N) is 1. The standard InChI is InChI=1S/C20H26N4O2/c1-14-18(15(2)22-21-14)9-10-23(3)20(26)13-24-12-17(11-19(24)25)16-7-5-4-6-8-16/h4-8,17H,9-13H2,1-3H3,(H,21,22). The van der Waals surface area contributed by atoms with Crippen molar-refractivity contribution in [3.63, 3.8) is 0 Å². The van der Waals surface area contributed by atoms with Crippen LogP contribution in [0.25, 0.3) is 0 Å². The summed E-state index contributed by atoms with van der Waals surface area (Å²) >= 11 is 0. The molecule has 1 aromatic heterocycles. The molecule has 26 heavy (non-hydrogen) atoms. The average Bonchev–Trinajstić information content (AvgIpc) is 3.16. The lowest BCUT2D eigenvalue weighted by atomic mass is 9.99. The number of aryl methyl sites for hydroxylation is 2. The predicted octanol–water partition coefficient (Wildman–Crippen LogP) is 2.04. The molecule has 2 aromatic rings. The summed E-state index contributed by atoms with van der Waals surface area (Å²) in [4.78, 5) is 28.2. The maximum atomic E-state index is 12.5. The third-order valence-corrected chi connectivity index (χ3v) is 5.22. The van der Waals surface area contributed by atoms with Gasteiger partial charge in [-0.3, -0.25) is 14.7 Å². The van der Waals surface area contributed by atoms with Crippen molar-refractivity contribution in [3.05, 3.63) is 52.8 Å². The Morgan fingerprint density at radius 1 is 1.31 bits per heavy atom. The van der Waals surface area contributed by atoms with E-state index in [4.69, 9.17) is 0 Å². The van der Waals surface area contributed by atoms with E-state index in [1.54, 1.807) is 16.8 Å². The van der Waals surface area contributed by atoms with Crippen molar-refractivity contribution in [2.24, 2.45) is 0 Å². The number of aromatic nitrogens is 2. The molecule has 6 nitrogen and oxygen atoms in total. The molecule has 1 aromatic carbocycles. The number of aromatic amines is 1. The van der Waals surface area contributed by atoms with Gasteiger partial charge in [-0.05, 0) is 31.4 Å². The highest BCUT2D eigenvalue weighted by Crippen LogP contribution is 2.27. The monoisotopic (exact) mass is 354 g/mol. The molecule has 2 heterocycles. The summed E-state index contributed by atoms with van der Waals surface area (Å²) in [5.41, 5.74) is 4.34. The van der Waals surface area contributed by atoms with Gasteiger partial charge in [0, 0.05) is 38.2 Å². The fourth-order valence-corrected chi connectivity index (χ4v) is 3.50. The molecule has 3 rings (SSSR count). The second-order valence-corrected chi connectivity index (χ2v) is 7.06. The van der Waals surface area contributed by atoms with Crippen LogP contribution in [0.15, 0.2) is 30.3 Å². The lowest BCUT2D eigenvalue weighted by molar-refractivity contribution is -0.137. The van der Waals surface area contributed by atoms with Crippen LogP contribution in [0.5, 0.6) is 0 Å². The van der Waals surface area contributed by atoms with Gasteiger partial charge in [0.1, 0.15) is 0 Å². The summed E-state index contributed by atoms with van der Waals surface area (Å²) in [6.07, 6.45) is 1.24. The number of rotatable bonds is 6. The average molecular weight is 354 g/mol. The normalized spacial score (nSPS) is 17.0. The zero-order valence-corrected chi connectivity index (χ0v) is 15.7. The van der Waals surface area contributed by atoms with E-state index < -0.39 is 0 Å². The Morgan fingerprint density at radius 3 is 2.69 bits per heavy atom. The van der Waals surface area contributed by atoms with E-state index in [9.17, 15) is 9.59 Å². The number of amides is 2. The van der Waals surface area contributed by atoms with Crippen molar-refractivity contribution in [3.8, 4) is 0 Å². The van der Waals surface area contributed by atoms with Gasteiger partial charge in [-0.15, -0.1) is 0 Å². The zero-order chi connectivity index (χ0) is 18.7. The van der Waals surface area contributed by atoms with Crippen LogP contribution >= 0.6 is 0 Å². The smallest absolute Gasteiger partial charge is 0.241 e. The SMILES string of the molecule is Cc1n[nH]c(C)c1CCN(C)C(=O)CN1CC(c2ccccc2)CC1=O. The van der Waals surface area contributed by atoms with E-state index in [0.29, 0.717) is 19.5 Å². The molecule has 6 heteroatoms. The summed E-state index contributed by atoms with van der Waals surface area (Å²) in [7, 11) is 1.79. The van der Waals surface area contributed by atoms with Gasteiger partial charge >= 0.3 is 0 Å². The topological polar surface area (TPSA) is 69.3 Å². The summed E-state index contributed by atoms with van der Waals surface area (Å²) in [5.74, 6) is 0.214. The van der Waals surface area contributed by atoms with Crippen LogP contribution in [0.4, 0.5) is 0 Å². The van der Waals surface area contributed by atoms with Gasteiger partial charge in [-0.25, -0.2) is 0 Å². The van der Waals surface area contributed by atoms with Crippen LogP contribution in [-0.4, -0.2) is 58.5 Å². The zero-order valence-electron chi connectivity index (χ0n) is 15.7. The molecule has 0 bridgehead atoms. The molecule has 0 saturated carbocycles. The highest BCUT2D eigenvalue weighted by atomic mass is 16.2. The minimum Gasteiger partial charge on any atom is -0.344 e. The number of likely N-dealkylation sites (tertiary alicyclic amines) is 1. The van der Waals surface area contributed by atoms with Crippen LogP contribution in [-0.2, 0) is 16.0 Å². The van der Waals surface area contributed by atoms with Crippen molar-refractivity contribution < 1.29 is 9.59 Å². The first-order chi connectivity index (χ1) is 12.5. The highest BCUT2D eigenvalue weighted by molar-refractivity contribution is 5.86. The highest BCUT2D eigenvalue weighted by Gasteiger charge is 2.32. The van der Waals surface area contributed by atoms with Crippen LogP contribution in [0, 0.1) is 13.8 Å². The number of carbonyl (C=O) groups is 2. The van der Waals surface area contributed by atoms with Crippen molar-refractivity contribution in [1.82, 2.24) is 20.0 Å². The van der Waals surface area contributed by atoms with E-state index in [0.717, 1.165) is 28.9 Å². The number of carbonyl (C=O) groups excluding carboxylic acids is 2. The van der Waals surface area contributed by atoms with Gasteiger partial charge in [-0.1, -0.05) is 30.3 Å². The van der Waals surface area contributed by atoms with Gasteiger partial charge in [0.2, 0.25) is 11.8 Å². The van der Waals surface area contributed by atoms with Crippen molar-refractivity contribution in [2.75, 3.05) is 26.7 Å². The molecule has 1 unspecified atom stereocenters. The summed E-state index contributed by atoms with van der Waals surface area (Å²) in [6, 6.07) is 10.0. The number of likely N-dealkylation sites (N-methyl/N-ethyl adjacent to an activating group) is 1. The minimum atomic E-state index is -0.0223. The maximum Gasteiger partial charge on any atom is 0.241 e. The Labute approximate surface area is 154 Å². The number of nitrogens with zero attached hydrogens (tertiary/aromatic N) is 3. The first kappa shape index (κ1) is 18.2. The largest absolute Gasteiger partial charge is 0.344 e. The van der Waals surface area contributed by atoms with Crippen LogP contribution in [0.3, 0.4) is 0 Å². The fourth-order valence-electron chi connectivity index (χ4n) is 3.50. The second-order valence-electron chi connectivity index (χ2n) is 7.06. The molecule has 2 amide bonds. The van der Waals surface area contributed by atoms with E-state index in [1.165, 1.54) is 0 Å². The molecule has 0 spiro atoms. The summed E-state index contributed by atoms with van der Waals surface area (Å²) in [6.45, 7) is 5.34. The first-order valence-electron chi connectivity index (χ1n) is 9.03. The minimum absolute atomic E-state index is 0.0223. The van der Waals surface area contributed by atoms with Gasteiger partial charge in [0.05, 0.1) is 12.2 Å². The van der Waals surface area contributed by atoms with E-state index in [-0.39, 0.29) is 24.3 Å². The molecule has 138 valence electrons. The molecule has 1 atom stereocenters. The molecular formula is C20H26N4O2. The van der Waals surface area contributed by atoms with Crippen LogP contribution < -0.4 is 0 Å². The van der Waals surface area contributed by atoms with Gasteiger partial charge in [-0.2, -0.15) is 5.10 Å². The van der Waals surface area contributed by atoms with E-state index >= 15 is 0 Å². The molecule has 0 aliphatic carbocycles. The third-order valence-electron chi connectivity index (χ3n) is 5.22. The molecule has 1 saturated heterocycles.